The van der Waals surface area contributed by atoms with Gasteiger partial charge in [-0.05, 0) is 65.5 Å². The predicted octanol–water partition coefficient (Wildman–Crippen LogP) is 5.23. The zero-order valence-corrected chi connectivity index (χ0v) is 21.5. The number of anilines is 1. The van der Waals surface area contributed by atoms with E-state index in [0.29, 0.717) is 18.6 Å². The van der Waals surface area contributed by atoms with Gasteiger partial charge in [-0.3, -0.25) is 9.69 Å². The molecule has 0 aromatic heterocycles. The van der Waals surface area contributed by atoms with Crippen molar-refractivity contribution in [2.75, 3.05) is 4.90 Å². The first kappa shape index (κ1) is 19.8. The second kappa shape index (κ2) is 5.71. The summed E-state index contributed by atoms with van der Waals surface area (Å²) < 4.78 is 2.69. The van der Waals surface area contributed by atoms with Crippen molar-refractivity contribution in [2.24, 2.45) is 10.4 Å². The Morgan fingerprint density at radius 3 is 2.70 bits per heavy atom. The largest absolute Gasteiger partial charge is 0.343 e. The van der Waals surface area contributed by atoms with Crippen molar-refractivity contribution in [1.29, 1.82) is 0 Å². The molecular weight excluding hydrogens is 603 g/mol. The average molecular weight is 620 g/mol. The number of halogens is 4. The smallest absolute Gasteiger partial charge is 0.318 e. The van der Waals surface area contributed by atoms with Crippen LogP contribution in [0.25, 0.3) is 0 Å². The van der Waals surface area contributed by atoms with Crippen LogP contribution in [0.15, 0.2) is 36.8 Å². The SMILES string of the molecule is CC1(C)[C@@H](Cl)C[C@]23[C@@H]4CC(=O)N2C=CC2=NC(=O)N[C@@]21N3c1cc(Br)c(Br)c(Br)c14. The van der Waals surface area contributed by atoms with Gasteiger partial charge in [-0.25, -0.2) is 4.79 Å². The normalized spacial score (nSPS) is 36.9. The molecule has 156 valence electrons. The van der Waals surface area contributed by atoms with Crippen LogP contribution in [0.5, 0.6) is 0 Å². The minimum atomic E-state index is -0.971. The van der Waals surface area contributed by atoms with Crippen LogP contribution < -0.4 is 10.2 Å². The molecule has 5 aliphatic heterocycles. The summed E-state index contributed by atoms with van der Waals surface area (Å²) in [5, 5.41) is 2.87. The molecule has 0 saturated carbocycles. The highest BCUT2D eigenvalue weighted by molar-refractivity contribution is 9.14. The molecule has 2 bridgehead atoms. The molecule has 1 aromatic carbocycles. The number of nitrogens with zero attached hydrogens (tertiary/aromatic N) is 3. The number of carbonyl (C=O) groups is 2. The lowest BCUT2D eigenvalue weighted by atomic mass is 9.65. The third-order valence-corrected chi connectivity index (χ3v) is 11.6. The van der Waals surface area contributed by atoms with Gasteiger partial charge < -0.3 is 10.2 Å². The number of piperidine rings is 1. The van der Waals surface area contributed by atoms with Gasteiger partial charge in [-0.15, -0.1) is 11.6 Å². The van der Waals surface area contributed by atoms with Crippen LogP contribution in [0.2, 0.25) is 0 Å². The minimum Gasteiger partial charge on any atom is -0.318 e. The maximum Gasteiger partial charge on any atom is 0.343 e. The van der Waals surface area contributed by atoms with E-state index in [1.165, 1.54) is 0 Å². The summed E-state index contributed by atoms with van der Waals surface area (Å²) in [6.07, 6.45) is 4.55. The molecule has 30 heavy (non-hydrogen) atoms. The average Bonchev–Trinajstić information content (AvgIpc) is 3.19. The van der Waals surface area contributed by atoms with Gasteiger partial charge in [0, 0.05) is 54.9 Å². The molecule has 6 rings (SSSR count). The fourth-order valence-corrected chi connectivity index (χ4v) is 8.28. The van der Waals surface area contributed by atoms with Crippen molar-refractivity contribution in [3.05, 3.63) is 37.3 Å². The van der Waals surface area contributed by atoms with Gasteiger partial charge >= 0.3 is 6.03 Å². The third kappa shape index (κ3) is 1.88. The maximum atomic E-state index is 13.2. The van der Waals surface area contributed by atoms with E-state index in [-0.39, 0.29) is 23.2 Å². The van der Waals surface area contributed by atoms with Crippen LogP contribution in [-0.2, 0) is 4.79 Å². The molecule has 5 aliphatic rings. The molecule has 1 N–H and O–H groups in total. The van der Waals surface area contributed by atoms with E-state index in [9.17, 15) is 9.59 Å². The lowest BCUT2D eigenvalue weighted by Crippen LogP contribution is -2.81. The monoisotopic (exact) mass is 616 g/mol. The van der Waals surface area contributed by atoms with Gasteiger partial charge in [-0.2, -0.15) is 4.99 Å². The molecule has 3 amide bonds. The summed E-state index contributed by atoms with van der Waals surface area (Å²) in [6, 6.07) is 1.67. The minimum absolute atomic E-state index is 0.0449. The molecule has 10 heteroatoms. The van der Waals surface area contributed by atoms with Crippen molar-refractivity contribution in [1.82, 2.24) is 10.2 Å². The molecule has 2 fully saturated rings. The Balaban J connectivity index is 1.79. The number of carbonyl (C=O) groups excluding carboxylic acids is 2. The number of hydrogen-bond donors (Lipinski definition) is 1. The topological polar surface area (TPSA) is 65.0 Å². The number of alkyl halides is 1. The van der Waals surface area contributed by atoms with E-state index in [1.807, 2.05) is 4.90 Å². The second-order valence-corrected chi connectivity index (χ2v) is 12.0. The number of amides is 3. The first-order valence-electron chi connectivity index (χ1n) is 9.61. The summed E-state index contributed by atoms with van der Waals surface area (Å²) in [5.41, 5.74) is 0.365. The van der Waals surface area contributed by atoms with Crippen LogP contribution in [-0.4, -0.2) is 39.3 Å². The van der Waals surface area contributed by atoms with Crippen molar-refractivity contribution < 1.29 is 9.59 Å². The molecule has 4 atom stereocenters. The Hall–Kier alpha value is -0.900. The Morgan fingerprint density at radius 2 is 1.97 bits per heavy atom. The first-order chi connectivity index (χ1) is 14.1. The van der Waals surface area contributed by atoms with E-state index in [2.05, 4.69) is 82.9 Å². The quantitative estimate of drug-likeness (QED) is 0.320. The van der Waals surface area contributed by atoms with Crippen LogP contribution in [0, 0.1) is 5.41 Å². The van der Waals surface area contributed by atoms with E-state index in [4.69, 9.17) is 11.6 Å². The number of rotatable bonds is 0. The highest BCUT2D eigenvalue weighted by Gasteiger charge is 2.76. The number of benzene rings is 1. The Bertz CT molecular complexity index is 1150. The van der Waals surface area contributed by atoms with Crippen LogP contribution in [0.4, 0.5) is 10.5 Å². The van der Waals surface area contributed by atoms with Gasteiger partial charge in [0.25, 0.3) is 0 Å². The molecule has 2 saturated heterocycles. The molecule has 5 heterocycles. The number of fused-ring (bicyclic) bond motifs is 2. The van der Waals surface area contributed by atoms with Crippen LogP contribution >= 0.6 is 59.4 Å². The summed E-state index contributed by atoms with van der Waals surface area (Å²) in [7, 11) is 0. The fraction of sp³-hybridized carbons (Fsp3) is 0.450. The zero-order chi connectivity index (χ0) is 21.4. The molecule has 0 unspecified atom stereocenters. The number of hydrogen-bond acceptors (Lipinski definition) is 3. The van der Waals surface area contributed by atoms with E-state index in [1.54, 1.807) is 12.3 Å². The lowest BCUT2D eigenvalue weighted by molar-refractivity contribution is -0.129. The first-order valence-corrected chi connectivity index (χ1v) is 12.4. The summed E-state index contributed by atoms with van der Waals surface area (Å²) in [5.74, 6) is -0.0574. The fourth-order valence-electron chi connectivity index (χ4n) is 6.19. The number of nitrogens with one attached hydrogen (secondary N) is 1. The summed E-state index contributed by atoms with van der Waals surface area (Å²) in [4.78, 5) is 34.2. The van der Waals surface area contributed by atoms with Crippen molar-refractivity contribution in [3.63, 3.8) is 0 Å². The van der Waals surface area contributed by atoms with Crippen molar-refractivity contribution in [2.45, 2.75) is 49.3 Å². The zero-order valence-electron chi connectivity index (χ0n) is 16.0. The predicted molar refractivity (Wildman–Crippen MR) is 125 cm³/mol. The number of aliphatic imine (C=N–C) groups is 1. The molecular formula is C20H16Br3ClN4O2. The highest BCUT2D eigenvalue weighted by atomic mass is 79.9. The summed E-state index contributed by atoms with van der Waals surface area (Å²) >= 11 is 18.2. The van der Waals surface area contributed by atoms with E-state index < -0.39 is 16.7 Å². The lowest BCUT2D eigenvalue weighted by Gasteiger charge is -2.63. The molecule has 2 spiro atoms. The Kier molecular flexibility index (Phi) is 3.76. The second-order valence-electron chi connectivity index (χ2n) is 9.00. The number of urea groups is 1. The summed E-state index contributed by atoms with van der Waals surface area (Å²) in [6.45, 7) is 4.13. The Morgan fingerprint density at radius 1 is 1.23 bits per heavy atom. The maximum absolute atomic E-state index is 13.2. The molecule has 6 nitrogen and oxygen atoms in total. The molecule has 0 radical (unpaired) electrons. The van der Waals surface area contributed by atoms with Crippen LogP contribution in [0.3, 0.4) is 0 Å². The van der Waals surface area contributed by atoms with Gasteiger partial charge in [-0.1, -0.05) is 13.8 Å². The molecule has 0 aliphatic carbocycles. The van der Waals surface area contributed by atoms with E-state index in [0.717, 1.165) is 24.7 Å². The van der Waals surface area contributed by atoms with Crippen LogP contribution in [0.1, 0.15) is 38.2 Å². The van der Waals surface area contributed by atoms with E-state index >= 15 is 0 Å². The highest BCUT2D eigenvalue weighted by Crippen LogP contribution is 2.68. The van der Waals surface area contributed by atoms with Gasteiger partial charge in [0.05, 0.1) is 5.71 Å². The van der Waals surface area contributed by atoms with Crippen molar-refractivity contribution in [3.8, 4) is 0 Å². The molecule has 1 aromatic rings. The van der Waals surface area contributed by atoms with Gasteiger partial charge in [0.15, 0.2) is 5.66 Å². The van der Waals surface area contributed by atoms with Gasteiger partial charge in [0.1, 0.15) is 5.66 Å². The Labute approximate surface area is 203 Å². The standard InChI is InChI=1S/C20H16Br3ClN4O2/c1-18(2)11(24)7-19-8-5-13(29)27(19)4-3-12-20(18,26-17(30)25-12)28(19)10-6-9(21)15(22)16(23)14(8)10/h3-4,6,8,11H,5,7H2,1-2H3,(H,26,30)/t8-,11+,19+,20-/m1/s1. The van der Waals surface area contributed by atoms with Gasteiger partial charge in [0.2, 0.25) is 5.91 Å². The van der Waals surface area contributed by atoms with Crippen molar-refractivity contribution >= 4 is 82.7 Å². The third-order valence-electron chi connectivity index (χ3n) is 7.57.